The maximum absolute atomic E-state index is 13.3. The van der Waals surface area contributed by atoms with Gasteiger partial charge in [-0.1, -0.05) is 131 Å². The lowest BCUT2D eigenvalue weighted by atomic mass is 10.0. The average Bonchev–Trinajstić information content (AvgIpc) is 3.78. The van der Waals surface area contributed by atoms with Gasteiger partial charge >= 0.3 is 11.9 Å². The zero-order valence-corrected chi connectivity index (χ0v) is 46.5. The summed E-state index contributed by atoms with van der Waals surface area (Å²) >= 11 is 1.11. The first-order chi connectivity index (χ1) is 36.1. The molecule has 77 heavy (non-hydrogen) atoms. The molecule has 0 bridgehead atoms. The standard InChI is InChI=1S/C28H33N3O6.C21H20N2O4S.C9H19NO2/c1-17(2)23(27(36)37-28(3,4)5)30-22(32)16-29-24(33)21(15-18-11-7-6-8-12-18)31-25(34)19-13-9-10-14-20(19)26(31)35;1-2-28-18(24)13-22-19(25)17(12-14-8-4-3-5-9-14)23-20(26)15-10-6-7-11-16(15)21(23)27;1-6(2)7(10)8(11)12-9(3,4)5/h6-14,17,21,23H,15-16H2,1-5H3,(H,29,33)(H,30,32);3-11,17H,2,12-13H2,1H3,(H,22,25);6-7H,10H2,1-5H3/t21-,23-;17-;7-/m000/s1. The molecular formula is C58H72N6O12S. The van der Waals surface area contributed by atoms with Gasteiger partial charge in [0.15, 0.2) is 0 Å². The van der Waals surface area contributed by atoms with Crippen molar-refractivity contribution in [2.45, 2.75) is 124 Å². The van der Waals surface area contributed by atoms with Gasteiger partial charge in [0, 0.05) is 12.8 Å². The van der Waals surface area contributed by atoms with E-state index in [1.165, 1.54) is 0 Å². The number of carbonyl (C=O) groups is 10. The van der Waals surface area contributed by atoms with E-state index in [1.807, 2.05) is 77.9 Å². The van der Waals surface area contributed by atoms with Crippen LogP contribution in [0.25, 0.3) is 0 Å². The Morgan fingerprint density at radius 2 is 0.883 bits per heavy atom. The number of thioether (sulfide) groups is 1. The third-order valence-corrected chi connectivity index (χ3v) is 12.4. The van der Waals surface area contributed by atoms with Gasteiger partial charge in [0.1, 0.15) is 35.4 Å². The molecule has 2 heterocycles. The monoisotopic (exact) mass is 1080 g/mol. The second-order valence-corrected chi connectivity index (χ2v) is 22.2. The van der Waals surface area contributed by atoms with Crippen molar-refractivity contribution in [3.63, 3.8) is 0 Å². The van der Waals surface area contributed by atoms with Crippen molar-refractivity contribution >= 4 is 70.2 Å². The fourth-order valence-electron chi connectivity index (χ4n) is 7.76. The number of nitrogens with one attached hydrogen (secondary N) is 3. The second kappa shape index (κ2) is 28.0. The minimum Gasteiger partial charge on any atom is -0.459 e. The number of imide groups is 2. The van der Waals surface area contributed by atoms with Crippen molar-refractivity contribution in [1.29, 1.82) is 0 Å². The van der Waals surface area contributed by atoms with E-state index >= 15 is 0 Å². The van der Waals surface area contributed by atoms with Crippen LogP contribution in [0.4, 0.5) is 0 Å². The summed E-state index contributed by atoms with van der Waals surface area (Å²) < 4.78 is 10.5. The lowest BCUT2D eigenvalue weighted by Gasteiger charge is -2.27. The summed E-state index contributed by atoms with van der Waals surface area (Å²) in [5, 5.41) is 7.55. The zero-order chi connectivity index (χ0) is 57.4. The molecule has 19 heteroatoms. The van der Waals surface area contributed by atoms with Crippen LogP contribution in [0, 0.1) is 11.8 Å². The first-order valence-electron chi connectivity index (χ1n) is 25.4. The van der Waals surface area contributed by atoms with Crippen LogP contribution in [0.5, 0.6) is 0 Å². The Bertz CT molecular complexity index is 2700. The molecule has 0 unspecified atom stereocenters. The third kappa shape index (κ3) is 18.1. The highest BCUT2D eigenvalue weighted by molar-refractivity contribution is 8.13. The van der Waals surface area contributed by atoms with E-state index in [0.29, 0.717) is 5.75 Å². The normalized spacial score (nSPS) is 14.4. The van der Waals surface area contributed by atoms with E-state index in [9.17, 15) is 47.9 Å². The maximum Gasteiger partial charge on any atom is 0.329 e. The van der Waals surface area contributed by atoms with Crippen LogP contribution in [0.15, 0.2) is 109 Å². The number of amides is 7. The Morgan fingerprint density at radius 1 is 0.532 bits per heavy atom. The van der Waals surface area contributed by atoms with Crippen molar-refractivity contribution in [3.05, 3.63) is 143 Å². The van der Waals surface area contributed by atoms with Gasteiger partial charge in [0.2, 0.25) is 22.8 Å². The topological polar surface area (TPSA) is 258 Å². The molecule has 0 saturated carbocycles. The van der Waals surface area contributed by atoms with Crippen molar-refractivity contribution in [2.75, 3.05) is 18.8 Å². The molecule has 4 aromatic rings. The summed E-state index contributed by atoms with van der Waals surface area (Å²) in [6, 6.07) is 27.4. The number of hydrogen-bond acceptors (Lipinski definition) is 14. The third-order valence-electron chi connectivity index (χ3n) is 11.6. The highest BCUT2D eigenvalue weighted by atomic mass is 32.2. The van der Waals surface area contributed by atoms with Crippen molar-refractivity contribution in [2.24, 2.45) is 17.6 Å². The molecule has 0 aliphatic carbocycles. The molecule has 2 aliphatic rings. The van der Waals surface area contributed by atoms with E-state index < -0.39 is 89.2 Å². The molecule has 4 aromatic carbocycles. The van der Waals surface area contributed by atoms with Gasteiger partial charge in [-0.2, -0.15) is 0 Å². The van der Waals surface area contributed by atoms with Crippen LogP contribution >= 0.6 is 11.8 Å². The van der Waals surface area contributed by atoms with Gasteiger partial charge in [-0.05, 0) is 94.5 Å². The molecule has 0 aromatic heterocycles. The number of hydrogen-bond donors (Lipinski definition) is 4. The van der Waals surface area contributed by atoms with Crippen LogP contribution in [0.2, 0.25) is 0 Å². The molecule has 6 rings (SSSR count). The highest BCUT2D eigenvalue weighted by Crippen LogP contribution is 2.28. The predicted molar refractivity (Wildman–Crippen MR) is 292 cm³/mol. The fraction of sp³-hybridized carbons (Fsp3) is 0.414. The maximum atomic E-state index is 13.3. The summed E-state index contributed by atoms with van der Waals surface area (Å²) in [4.78, 5) is 128. The minimum atomic E-state index is -1.17. The van der Waals surface area contributed by atoms with Crippen LogP contribution in [-0.4, -0.2) is 122 Å². The average molecular weight is 1080 g/mol. The second-order valence-electron chi connectivity index (χ2n) is 20.8. The molecule has 0 spiro atoms. The molecular weight excluding hydrogens is 1000 g/mol. The van der Waals surface area contributed by atoms with Crippen LogP contribution < -0.4 is 21.7 Å². The van der Waals surface area contributed by atoms with Crippen molar-refractivity contribution in [3.8, 4) is 0 Å². The number of fused-ring (bicyclic) bond motifs is 2. The number of esters is 2. The molecule has 0 fully saturated rings. The molecule has 4 atom stereocenters. The zero-order valence-electron chi connectivity index (χ0n) is 45.7. The number of nitrogens with two attached hydrogens (primary N) is 1. The quantitative estimate of drug-likeness (QED) is 0.0650. The Hall–Kier alpha value is -7.51. The van der Waals surface area contributed by atoms with Crippen LogP contribution in [0.3, 0.4) is 0 Å². The van der Waals surface area contributed by atoms with Gasteiger partial charge in [-0.15, -0.1) is 0 Å². The Labute approximate surface area is 454 Å². The largest absolute Gasteiger partial charge is 0.459 e. The first-order valence-corrected chi connectivity index (χ1v) is 26.4. The van der Waals surface area contributed by atoms with Gasteiger partial charge in [0.05, 0.1) is 35.3 Å². The molecule has 5 N–H and O–H groups in total. The number of carbonyl (C=O) groups excluding carboxylic acids is 10. The lowest BCUT2D eigenvalue weighted by molar-refractivity contribution is -0.160. The molecule has 2 aliphatic heterocycles. The Morgan fingerprint density at radius 3 is 1.22 bits per heavy atom. The molecule has 7 amide bonds. The van der Waals surface area contributed by atoms with Gasteiger partial charge in [0.25, 0.3) is 23.6 Å². The summed E-state index contributed by atoms with van der Waals surface area (Å²) in [5.41, 5.74) is 7.02. The summed E-state index contributed by atoms with van der Waals surface area (Å²) in [5.74, 6) is -4.31. The van der Waals surface area contributed by atoms with E-state index in [2.05, 4.69) is 16.0 Å². The van der Waals surface area contributed by atoms with Crippen LogP contribution in [-0.2, 0) is 51.1 Å². The van der Waals surface area contributed by atoms with Crippen molar-refractivity contribution in [1.82, 2.24) is 25.8 Å². The van der Waals surface area contributed by atoms with Gasteiger partial charge in [-0.3, -0.25) is 53.0 Å². The molecule has 18 nitrogen and oxygen atoms in total. The number of rotatable bonds is 18. The highest BCUT2D eigenvalue weighted by Gasteiger charge is 2.44. The summed E-state index contributed by atoms with van der Waals surface area (Å²) in [6.45, 7) is 19.3. The van der Waals surface area contributed by atoms with Crippen LogP contribution in [0.1, 0.15) is 129 Å². The van der Waals surface area contributed by atoms with Gasteiger partial charge < -0.3 is 31.2 Å². The first kappa shape index (κ1) is 62.0. The Balaban J connectivity index is 0.000000281. The number of ether oxygens (including phenoxy) is 2. The minimum absolute atomic E-state index is 0.0757. The molecule has 0 saturated heterocycles. The number of benzene rings is 4. The van der Waals surface area contributed by atoms with E-state index in [0.717, 1.165) is 32.7 Å². The smallest absolute Gasteiger partial charge is 0.329 e. The van der Waals surface area contributed by atoms with E-state index in [4.69, 9.17) is 15.2 Å². The molecule has 0 radical (unpaired) electrons. The lowest BCUT2D eigenvalue weighted by Crippen LogP contribution is -2.54. The number of nitrogens with zero attached hydrogens (tertiary/aromatic N) is 2. The Kier molecular flexibility index (Phi) is 22.6. The van der Waals surface area contributed by atoms with E-state index in [1.54, 1.807) is 107 Å². The van der Waals surface area contributed by atoms with Crippen molar-refractivity contribution < 1.29 is 57.4 Å². The summed E-state index contributed by atoms with van der Waals surface area (Å²) in [6.07, 6.45) is 0.250. The SMILES string of the molecule is CC(C)[C@H](N)C(=O)OC(C)(C)C.CC(C)[C@H](NC(=O)CNC(=O)[C@H](Cc1ccccc1)N1C(=O)c2ccccc2C1=O)C(=O)OC(C)(C)C.CCSC(=O)CNC(=O)[C@H](Cc1ccccc1)N1C(=O)c2ccccc2C1=O. The fourth-order valence-corrected chi connectivity index (χ4v) is 8.26. The van der Waals surface area contributed by atoms with E-state index in [-0.39, 0.29) is 64.6 Å². The van der Waals surface area contributed by atoms with Gasteiger partial charge in [-0.25, -0.2) is 4.79 Å². The predicted octanol–water partition coefficient (Wildman–Crippen LogP) is 6.09. The molecule has 412 valence electrons. The summed E-state index contributed by atoms with van der Waals surface area (Å²) in [7, 11) is 0.